The molecule has 0 rings (SSSR count). The lowest BCUT2D eigenvalue weighted by Crippen LogP contribution is -2.21. The molecule has 0 radical (unpaired) electrons. The molecule has 0 atom stereocenters. The summed E-state index contributed by atoms with van der Waals surface area (Å²) in [5, 5.41) is 0. The van der Waals surface area contributed by atoms with E-state index < -0.39 is 0 Å². The topological polar surface area (TPSA) is 20.3 Å². The molecule has 0 unspecified atom stereocenters. The van der Waals surface area contributed by atoms with Crippen molar-refractivity contribution in [1.29, 1.82) is 0 Å². The number of rotatable bonds is 3. The molecule has 0 bridgehead atoms. The maximum absolute atomic E-state index is 10.8. The van der Waals surface area contributed by atoms with Crippen LogP contribution in [0.25, 0.3) is 0 Å². The van der Waals surface area contributed by atoms with Crippen LogP contribution in [0.4, 0.5) is 0 Å². The Morgan fingerprint density at radius 1 is 1.55 bits per heavy atom. The Morgan fingerprint density at radius 3 is 2.45 bits per heavy atom. The minimum atomic E-state index is -0.0243. The monoisotopic (exact) mass is 151 g/mol. The van der Waals surface area contributed by atoms with Crippen LogP contribution < -0.4 is 0 Å². The molecule has 0 aromatic carbocycles. The third-order valence-electron chi connectivity index (χ3n) is 1.33. The molecule has 60 valence electrons. The first kappa shape index (κ1) is 9.69. The number of carbonyl (C=O) groups is 1. The molecule has 0 N–H and O–H groups in total. The molecule has 0 aromatic rings. The van der Waals surface area contributed by atoms with Gasteiger partial charge in [0, 0.05) is 19.7 Å². The average molecular weight is 151 g/mol. The highest BCUT2D eigenvalue weighted by atomic mass is 16.2. The molecule has 0 saturated carbocycles. The second kappa shape index (κ2) is 4.50. The summed E-state index contributed by atoms with van der Waals surface area (Å²) in [4.78, 5) is 12.2. The Kier molecular flexibility index (Phi) is 3.96. The number of hydrogen-bond acceptors (Lipinski definition) is 1. The fraction of sp³-hybridized carbons (Fsp3) is 0.222. The quantitative estimate of drug-likeness (QED) is 0.562. The number of amides is 1. The lowest BCUT2D eigenvalue weighted by molar-refractivity contribution is -0.125. The van der Waals surface area contributed by atoms with Crippen molar-refractivity contribution < 1.29 is 4.79 Å². The van der Waals surface area contributed by atoms with Crippen molar-refractivity contribution in [3.05, 3.63) is 37.1 Å². The summed E-state index contributed by atoms with van der Waals surface area (Å²) in [7, 11) is 1.68. The predicted molar refractivity (Wildman–Crippen MR) is 46.9 cm³/mol. The van der Waals surface area contributed by atoms with Gasteiger partial charge in [0.2, 0.25) is 5.91 Å². The van der Waals surface area contributed by atoms with E-state index in [-0.39, 0.29) is 5.91 Å². The van der Waals surface area contributed by atoms with Crippen LogP contribution in [0.2, 0.25) is 0 Å². The van der Waals surface area contributed by atoms with Crippen molar-refractivity contribution in [1.82, 2.24) is 4.90 Å². The second-order valence-electron chi connectivity index (χ2n) is 2.16. The van der Waals surface area contributed by atoms with Crippen molar-refractivity contribution in [2.24, 2.45) is 0 Å². The van der Waals surface area contributed by atoms with E-state index >= 15 is 0 Å². The van der Waals surface area contributed by atoms with Gasteiger partial charge in [0.15, 0.2) is 0 Å². The van der Waals surface area contributed by atoms with Gasteiger partial charge < -0.3 is 4.90 Å². The Hall–Kier alpha value is -1.31. The van der Waals surface area contributed by atoms with Gasteiger partial charge in [-0.15, -0.1) is 0 Å². The molecule has 0 aliphatic rings. The normalized spacial score (nSPS) is 9.64. The summed E-state index contributed by atoms with van der Waals surface area (Å²) >= 11 is 0. The lowest BCUT2D eigenvalue weighted by atomic mass is 10.3. The highest BCUT2D eigenvalue weighted by Gasteiger charge is 2.01. The van der Waals surface area contributed by atoms with Gasteiger partial charge in [0.25, 0.3) is 0 Å². The minimum absolute atomic E-state index is 0.0243. The summed E-state index contributed by atoms with van der Waals surface area (Å²) in [6.45, 7) is 8.68. The van der Waals surface area contributed by atoms with Gasteiger partial charge in [0.1, 0.15) is 0 Å². The van der Waals surface area contributed by atoms with Crippen molar-refractivity contribution in [3.8, 4) is 0 Å². The lowest BCUT2D eigenvalue weighted by Gasteiger charge is -2.13. The van der Waals surface area contributed by atoms with Gasteiger partial charge in [-0.3, -0.25) is 4.79 Å². The number of likely N-dealkylation sites (N-methyl/N-ethyl adjacent to an activating group) is 1. The first-order chi connectivity index (χ1) is 5.09. The smallest absolute Gasteiger partial charge is 0.223 e. The summed E-state index contributed by atoms with van der Waals surface area (Å²) in [5.74, 6) is -0.0243. The predicted octanol–water partition coefficient (Wildman–Crippen LogP) is 1.72. The summed E-state index contributed by atoms with van der Waals surface area (Å²) < 4.78 is 0. The van der Waals surface area contributed by atoms with Crippen LogP contribution in [0, 0.1) is 0 Å². The van der Waals surface area contributed by atoms with Crippen LogP contribution in [0.3, 0.4) is 0 Å². The molecule has 0 spiro atoms. The number of allylic oxidation sites excluding steroid dienone is 3. The molecule has 0 aliphatic heterocycles. The molecular formula is C9H13NO. The Balaban J connectivity index is 4.14. The fourth-order valence-electron chi connectivity index (χ4n) is 0.493. The zero-order chi connectivity index (χ0) is 8.85. The van der Waals surface area contributed by atoms with Gasteiger partial charge in [-0.2, -0.15) is 0 Å². The molecule has 2 heteroatoms. The number of nitrogens with zero attached hydrogens (tertiary/aromatic N) is 1. The number of carbonyl (C=O) groups excluding carboxylic acids is 1. The van der Waals surface area contributed by atoms with Crippen molar-refractivity contribution >= 4 is 5.91 Å². The molecule has 0 aliphatic carbocycles. The zero-order valence-corrected chi connectivity index (χ0v) is 7.00. The van der Waals surface area contributed by atoms with Crippen LogP contribution in [0.1, 0.15) is 6.92 Å². The van der Waals surface area contributed by atoms with Crippen molar-refractivity contribution in [3.63, 3.8) is 0 Å². The largest absolute Gasteiger partial charge is 0.316 e. The van der Waals surface area contributed by atoms with Crippen LogP contribution in [0.15, 0.2) is 37.1 Å². The Morgan fingerprint density at radius 2 is 2.09 bits per heavy atom. The van der Waals surface area contributed by atoms with Gasteiger partial charge >= 0.3 is 0 Å². The first-order valence-corrected chi connectivity index (χ1v) is 3.32. The van der Waals surface area contributed by atoms with E-state index in [1.165, 1.54) is 11.8 Å². The van der Waals surface area contributed by atoms with Crippen molar-refractivity contribution in [2.75, 3.05) is 7.05 Å². The van der Waals surface area contributed by atoms with Crippen LogP contribution in [-0.2, 0) is 4.79 Å². The van der Waals surface area contributed by atoms with Gasteiger partial charge in [0.05, 0.1) is 0 Å². The molecule has 0 saturated heterocycles. The van der Waals surface area contributed by atoms with E-state index in [0.29, 0.717) is 5.70 Å². The Labute approximate surface area is 67.5 Å². The van der Waals surface area contributed by atoms with Gasteiger partial charge in [-0.25, -0.2) is 0 Å². The average Bonchev–Trinajstić information content (AvgIpc) is 1.98. The van der Waals surface area contributed by atoms with E-state index in [1.54, 1.807) is 25.3 Å². The summed E-state index contributed by atoms with van der Waals surface area (Å²) in [6.07, 6.45) is 5.11. The maximum Gasteiger partial charge on any atom is 0.223 e. The van der Waals surface area contributed by atoms with Crippen LogP contribution >= 0.6 is 0 Å². The molecule has 0 aromatic heterocycles. The van der Waals surface area contributed by atoms with E-state index in [9.17, 15) is 4.79 Å². The Bertz CT molecular complexity index is 204. The van der Waals surface area contributed by atoms with Gasteiger partial charge in [-0.1, -0.05) is 25.3 Å². The first-order valence-electron chi connectivity index (χ1n) is 3.32. The SMILES string of the molecule is C=C/C=C\C(=C)N(C)C(C)=O. The number of hydrogen-bond donors (Lipinski definition) is 0. The van der Waals surface area contributed by atoms with Crippen molar-refractivity contribution in [2.45, 2.75) is 6.92 Å². The van der Waals surface area contributed by atoms with E-state index in [2.05, 4.69) is 13.2 Å². The molecule has 1 amide bonds. The third-order valence-corrected chi connectivity index (χ3v) is 1.33. The molecule has 2 nitrogen and oxygen atoms in total. The van der Waals surface area contributed by atoms with E-state index in [0.717, 1.165) is 0 Å². The fourth-order valence-corrected chi connectivity index (χ4v) is 0.493. The maximum atomic E-state index is 10.8. The molecule has 0 heterocycles. The zero-order valence-electron chi connectivity index (χ0n) is 7.00. The third kappa shape index (κ3) is 3.40. The molecule has 0 fully saturated rings. The van der Waals surface area contributed by atoms with Crippen LogP contribution in [0.5, 0.6) is 0 Å². The highest BCUT2D eigenvalue weighted by molar-refractivity contribution is 5.75. The van der Waals surface area contributed by atoms with Gasteiger partial charge in [-0.05, 0) is 6.08 Å². The second-order valence-corrected chi connectivity index (χ2v) is 2.16. The highest BCUT2D eigenvalue weighted by Crippen LogP contribution is 1.99. The standard InChI is InChI=1S/C9H13NO/c1-5-6-7-8(2)10(4)9(3)11/h5-7H,1-2H2,3-4H3/b7-6-. The minimum Gasteiger partial charge on any atom is -0.316 e. The van der Waals surface area contributed by atoms with E-state index in [4.69, 9.17) is 0 Å². The van der Waals surface area contributed by atoms with E-state index in [1.807, 2.05) is 0 Å². The van der Waals surface area contributed by atoms with Crippen LogP contribution in [-0.4, -0.2) is 17.9 Å². The summed E-state index contributed by atoms with van der Waals surface area (Å²) in [6, 6.07) is 0. The molecular weight excluding hydrogens is 138 g/mol. The molecule has 11 heavy (non-hydrogen) atoms. The summed E-state index contributed by atoms with van der Waals surface area (Å²) in [5.41, 5.74) is 0.664.